The van der Waals surface area contributed by atoms with Crippen LogP contribution in [0.5, 0.6) is 0 Å². The van der Waals surface area contributed by atoms with Crippen molar-refractivity contribution in [1.82, 2.24) is 14.3 Å². The second kappa shape index (κ2) is 4.54. The number of nitrogens with zero attached hydrogens (tertiary/aromatic N) is 3. The highest BCUT2D eigenvalue weighted by molar-refractivity contribution is 7.09. The van der Waals surface area contributed by atoms with Crippen LogP contribution in [-0.4, -0.2) is 14.3 Å². The first-order valence-corrected chi connectivity index (χ1v) is 6.89. The van der Waals surface area contributed by atoms with Gasteiger partial charge >= 0.3 is 0 Å². The Morgan fingerprint density at radius 2 is 1.80 bits per heavy atom. The fourth-order valence-corrected chi connectivity index (χ4v) is 2.65. The van der Waals surface area contributed by atoms with E-state index in [-0.39, 0.29) is 0 Å². The smallest absolute Gasteiger partial charge is 0.227 e. The van der Waals surface area contributed by atoms with Crippen LogP contribution >= 0.6 is 11.5 Å². The molecular weight excluding hydrogens is 270 g/mol. The van der Waals surface area contributed by atoms with Gasteiger partial charge in [-0.1, -0.05) is 0 Å². The normalized spacial score (nSPS) is 11.0. The third-order valence-electron chi connectivity index (χ3n) is 3.04. The van der Waals surface area contributed by atoms with E-state index in [1.165, 1.54) is 11.5 Å². The Balaban J connectivity index is 1.84. The summed E-state index contributed by atoms with van der Waals surface area (Å²) in [6.45, 7) is 0. The summed E-state index contributed by atoms with van der Waals surface area (Å²) < 4.78 is 9.90. The Hall–Kier alpha value is -2.53. The number of fused-ring (bicyclic) bond motifs is 1. The highest BCUT2D eigenvalue weighted by atomic mass is 32.1. The number of benzene rings is 1. The fraction of sp³-hybridized carbons (Fsp3) is 0. The zero-order chi connectivity index (χ0) is 13.4. The van der Waals surface area contributed by atoms with Crippen molar-refractivity contribution in [1.29, 1.82) is 0 Å². The van der Waals surface area contributed by atoms with Crippen LogP contribution < -0.4 is 0 Å². The molecule has 4 rings (SSSR count). The zero-order valence-corrected chi connectivity index (χ0v) is 11.2. The summed E-state index contributed by atoms with van der Waals surface area (Å²) in [6.07, 6.45) is 5.26. The third kappa shape index (κ3) is 1.88. The number of oxazole rings is 1. The Kier molecular flexibility index (Phi) is 2.57. The van der Waals surface area contributed by atoms with Gasteiger partial charge in [-0.05, 0) is 53.5 Å². The topological polar surface area (TPSA) is 51.8 Å². The maximum atomic E-state index is 5.78. The van der Waals surface area contributed by atoms with E-state index in [2.05, 4.69) is 14.3 Å². The van der Waals surface area contributed by atoms with Crippen molar-refractivity contribution in [2.45, 2.75) is 0 Å². The average Bonchev–Trinajstić information content (AvgIpc) is 3.16. The van der Waals surface area contributed by atoms with Crippen LogP contribution in [-0.2, 0) is 0 Å². The van der Waals surface area contributed by atoms with Crippen molar-refractivity contribution in [3.8, 4) is 21.9 Å². The Morgan fingerprint density at radius 1 is 0.900 bits per heavy atom. The first kappa shape index (κ1) is 11.3. The highest BCUT2D eigenvalue weighted by Crippen LogP contribution is 2.29. The molecule has 5 heteroatoms. The molecule has 1 aromatic carbocycles. The number of hydrogen-bond acceptors (Lipinski definition) is 5. The van der Waals surface area contributed by atoms with E-state index in [0.29, 0.717) is 5.89 Å². The van der Waals surface area contributed by atoms with Crippen LogP contribution in [0.25, 0.3) is 33.0 Å². The van der Waals surface area contributed by atoms with Crippen LogP contribution in [0.15, 0.2) is 59.4 Å². The van der Waals surface area contributed by atoms with Gasteiger partial charge in [-0.2, -0.15) is 0 Å². The minimum Gasteiger partial charge on any atom is -0.436 e. The molecule has 96 valence electrons. The molecule has 0 atom stereocenters. The zero-order valence-electron chi connectivity index (χ0n) is 10.4. The molecule has 0 spiro atoms. The van der Waals surface area contributed by atoms with Gasteiger partial charge in [0.2, 0.25) is 5.89 Å². The molecule has 0 radical (unpaired) electrons. The van der Waals surface area contributed by atoms with Crippen molar-refractivity contribution in [2.75, 3.05) is 0 Å². The Morgan fingerprint density at radius 3 is 2.60 bits per heavy atom. The van der Waals surface area contributed by atoms with E-state index in [4.69, 9.17) is 4.42 Å². The first-order valence-electron chi connectivity index (χ1n) is 6.12. The predicted molar refractivity (Wildman–Crippen MR) is 78.3 cm³/mol. The SMILES string of the molecule is c1cc(-c2nc3cc(-c4ccns4)ccc3o2)ccn1. The lowest BCUT2D eigenvalue weighted by Crippen LogP contribution is -1.77. The summed E-state index contributed by atoms with van der Waals surface area (Å²) >= 11 is 1.47. The molecular formula is C15H9N3OS. The summed E-state index contributed by atoms with van der Waals surface area (Å²) in [6, 6.07) is 11.8. The number of pyridine rings is 1. The molecule has 0 bridgehead atoms. The molecule has 0 unspecified atom stereocenters. The number of aromatic nitrogens is 3. The number of hydrogen-bond donors (Lipinski definition) is 0. The van der Waals surface area contributed by atoms with Crippen molar-refractivity contribution >= 4 is 22.6 Å². The molecule has 20 heavy (non-hydrogen) atoms. The largest absolute Gasteiger partial charge is 0.436 e. The van der Waals surface area contributed by atoms with Gasteiger partial charge < -0.3 is 4.42 Å². The molecule has 0 saturated heterocycles. The Labute approximate surface area is 118 Å². The molecule has 0 amide bonds. The van der Waals surface area contributed by atoms with Crippen LogP contribution in [0.2, 0.25) is 0 Å². The van der Waals surface area contributed by atoms with Gasteiger partial charge in [0.05, 0.1) is 4.88 Å². The standard InChI is InChI=1S/C15H9N3OS/c1-2-13-12(9-11(1)14-5-8-17-20-14)18-15(19-13)10-3-6-16-7-4-10/h1-9H. The molecule has 0 aliphatic heterocycles. The molecule has 0 fully saturated rings. The van der Waals surface area contributed by atoms with E-state index in [9.17, 15) is 0 Å². The summed E-state index contributed by atoms with van der Waals surface area (Å²) in [5.41, 5.74) is 3.66. The minimum atomic E-state index is 0.615. The predicted octanol–water partition coefficient (Wildman–Crippen LogP) is 4.01. The molecule has 3 aromatic heterocycles. The highest BCUT2D eigenvalue weighted by Gasteiger charge is 2.09. The van der Waals surface area contributed by atoms with Crippen molar-refractivity contribution < 1.29 is 4.42 Å². The van der Waals surface area contributed by atoms with Crippen LogP contribution in [0.3, 0.4) is 0 Å². The molecule has 0 aliphatic carbocycles. The van der Waals surface area contributed by atoms with E-state index in [0.717, 1.165) is 27.1 Å². The van der Waals surface area contributed by atoms with E-state index in [1.54, 1.807) is 18.6 Å². The van der Waals surface area contributed by atoms with Crippen molar-refractivity contribution in [2.24, 2.45) is 0 Å². The second-order valence-electron chi connectivity index (χ2n) is 4.31. The van der Waals surface area contributed by atoms with E-state index >= 15 is 0 Å². The summed E-state index contributed by atoms with van der Waals surface area (Å²) in [5.74, 6) is 0.615. The maximum Gasteiger partial charge on any atom is 0.227 e. The maximum absolute atomic E-state index is 5.78. The molecule has 3 heterocycles. The fourth-order valence-electron chi connectivity index (χ4n) is 2.06. The van der Waals surface area contributed by atoms with Gasteiger partial charge in [0, 0.05) is 24.2 Å². The van der Waals surface area contributed by atoms with Crippen LogP contribution in [0.1, 0.15) is 0 Å². The lowest BCUT2D eigenvalue weighted by atomic mass is 10.2. The summed E-state index contributed by atoms with van der Waals surface area (Å²) in [4.78, 5) is 9.67. The summed E-state index contributed by atoms with van der Waals surface area (Å²) in [5, 5.41) is 0. The van der Waals surface area contributed by atoms with Crippen LogP contribution in [0.4, 0.5) is 0 Å². The van der Waals surface area contributed by atoms with Gasteiger partial charge in [0.25, 0.3) is 0 Å². The minimum absolute atomic E-state index is 0.615. The van der Waals surface area contributed by atoms with E-state index in [1.807, 2.05) is 36.4 Å². The lowest BCUT2D eigenvalue weighted by Gasteiger charge is -1.94. The number of rotatable bonds is 2. The molecule has 4 nitrogen and oxygen atoms in total. The second-order valence-corrected chi connectivity index (χ2v) is 5.15. The third-order valence-corrected chi connectivity index (χ3v) is 3.83. The molecule has 4 aromatic rings. The van der Waals surface area contributed by atoms with Gasteiger partial charge in [-0.3, -0.25) is 4.98 Å². The quantitative estimate of drug-likeness (QED) is 0.556. The molecule has 0 saturated carbocycles. The lowest BCUT2D eigenvalue weighted by molar-refractivity contribution is 0.620. The average molecular weight is 279 g/mol. The van der Waals surface area contributed by atoms with E-state index < -0.39 is 0 Å². The van der Waals surface area contributed by atoms with Gasteiger partial charge in [-0.15, -0.1) is 0 Å². The first-order chi connectivity index (χ1) is 9.90. The van der Waals surface area contributed by atoms with Gasteiger partial charge in [-0.25, -0.2) is 9.36 Å². The van der Waals surface area contributed by atoms with Gasteiger partial charge in [0.1, 0.15) is 5.52 Å². The Bertz CT molecular complexity index is 853. The van der Waals surface area contributed by atoms with Gasteiger partial charge in [0.15, 0.2) is 5.58 Å². The van der Waals surface area contributed by atoms with Crippen molar-refractivity contribution in [3.05, 3.63) is 55.0 Å². The molecule has 0 N–H and O–H groups in total. The molecule has 0 aliphatic rings. The van der Waals surface area contributed by atoms with Crippen molar-refractivity contribution in [3.63, 3.8) is 0 Å². The monoisotopic (exact) mass is 279 g/mol. The van der Waals surface area contributed by atoms with Crippen LogP contribution in [0, 0.1) is 0 Å². The summed E-state index contributed by atoms with van der Waals surface area (Å²) in [7, 11) is 0.